The first kappa shape index (κ1) is 28.2. The van der Waals surface area contributed by atoms with Gasteiger partial charge in [0.15, 0.2) is 0 Å². The van der Waals surface area contributed by atoms with Gasteiger partial charge in [-0.25, -0.2) is 9.97 Å². The lowest BCUT2D eigenvalue weighted by molar-refractivity contribution is 0.668. The van der Waals surface area contributed by atoms with E-state index in [0.29, 0.717) is 5.02 Å². The fourth-order valence-corrected chi connectivity index (χ4v) is 7.97. The average molecular weight is 677 g/mol. The third-order valence-electron chi connectivity index (χ3n) is 9.85. The van der Waals surface area contributed by atoms with Crippen molar-refractivity contribution in [2.24, 2.45) is 0 Å². The second-order valence-electron chi connectivity index (χ2n) is 12.7. The molecule has 11 aromatic rings. The van der Waals surface area contributed by atoms with Gasteiger partial charge in [-0.3, -0.25) is 9.13 Å². The Kier molecular flexibility index (Phi) is 5.91. The second kappa shape index (κ2) is 10.7. The molecule has 0 bridgehead atoms. The number of hydrogen-bond donors (Lipinski definition) is 0. The Morgan fingerprint density at radius 2 is 0.824 bits per heavy atom. The molecule has 0 radical (unpaired) electrons. The van der Waals surface area contributed by atoms with E-state index in [1.807, 2.05) is 97.1 Å². The van der Waals surface area contributed by atoms with Crippen LogP contribution in [0.3, 0.4) is 0 Å². The van der Waals surface area contributed by atoms with Gasteiger partial charge in [0.2, 0.25) is 0 Å². The molecule has 7 aromatic carbocycles. The Labute approximate surface area is 295 Å². The summed E-state index contributed by atoms with van der Waals surface area (Å²) in [5, 5.41) is 4.68. The summed E-state index contributed by atoms with van der Waals surface area (Å²) < 4.78 is 16.9. The highest BCUT2D eigenvalue weighted by atomic mass is 35.5. The minimum absolute atomic E-state index is 0.569. The Hall–Kier alpha value is -6.63. The van der Waals surface area contributed by atoms with Crippen LogP contribution in [0, 0.1) is 0 Å². The lowest BCUT2D eigenvalue weighted by atomic mass is 10.1. The first-order valence-electron chi connectivity index (χ1n) is 16.8. The van der Waals surface area contributed by atoms with E-state index in [2.05, 4.69) is 63.7 Å². The molecule has 11 rings (SSSR count). The zero-order valence-electron chi connectivity index (χ0n) is 26.9. The number of halogens is 1. The van der Waals surface area contributed by atoms with E-state index in [1.54, 1.807) is 0 Å². The molecule has 240 valence electrons. The predicted octanol–water partition coefficient (Wildman–Crippen LogP) is 12.2. The van der Waals surface area contributed by atoms with Gasteiger partial charge in [-0.15, -0.1) is 0 Å². The van der Waals surface area contributed by atoms with E-state index in [-0.39, 0.29) is 0 Å². The predicted molar refractivity (Wildman–Crippen MR) is 206 cm³/mol. The van der Waals surface area contributed by atoms with E-state index in [1.165, 1.54) is 0 Å². The number of furan rings is 2. The number of imidazole rings is 2. The number of para-hydroxylation sites is 6. The molecule has 0 aliphatic rings. The SMILES string of the molecule is Clc1c(-n2c(-c3cccc4oc5ccccc5c34)nc3ccccc32)cccc1-n1c(-c2cccc3oc4ccccc4c23)nc2ccccc21. The number of aromatic nitrogens is 4. The van der Waals surface area contributed by atoms with Gasteiger partial charge in [0.25, 0.3) is 0 Å². The summed E-state index contributed by atoms with van der Waals surface area (Å²) in [5.74, 6) is 1.55. The van der Waals surface area contributed by atoms with Crippen LogP contribution in [0.15, 0.2) is 160 Å². The smallest absolute Gasteiger partial charge is 0.146 e. The van der Waals surface area contributed by atoms with Crippen LogP contribution >= 0.6 is 11.6 Å². The van der Waals surface area contributed by atoms with Gasteiger partial charge in [-0.1, -0.05) is 103 Å². The molecule has 0 aliphatic carbocycles. The summed E-state index contributed by atoms with van der Waals surface area (Å²) in [6.45, 7) is 0. The molecular formula is C44H25ClN4O2. The lowest BCUT2D eigenvalue weighted by Crippen LogP contribution is -2.04. The summed E-state index contributed by atoms with van der Waals surface area (Å²) in [6, 6.07) is 51.1. The maximum absolute atomic E-state index is 7.66. The standard InChI is InChI=1S/C44H25ClN4O2/c45-42-34(48-32-18-5-3-16-30(32)46-43(48)28-14-9-24-38-40(28)26-12-1-7-22-36(26)50-38)20-11-21-35(42)49-33-19-6-4-17-31(33)47-44(49)29-15-10-25-39-41(29)27-13-2-8-23-37(27)51-39/h1-25H. The van der Waals surface area contributed by atoms with Crippen LogP contribution in [0.1, 0.15) is 0 Å². The van der Waals surface area contributed by atoms with Gasteiger partial charge in [0, 0.05) is 32.7 Å². The van der Waals surface area contributed by atoms with Crippen molar-refractivity contribution in [1.82, 2.24) is 19.1 Å². The van der Waals surface area contributed by atoms with Crippen LogP contribution in [0.2, 0.25) is 5.02 Å². The molecular weight excluding hydrogens is 652 g/mol. The molecule has 4 heterocycles. The molecule has 0 saturated heterocycles. The van der Waals surface area contributed by atoms with E-state index >= 15 is 0 Å². The van der Waals surface area contributed by atoms with Gasteiger partial charge < -0.3 is 8.83 Å². The topological polar surface area (TPSA) is 61.9 Å². The Morgan fingerprint density at radius 3 is 1.33 bits per heavy atom. The number of benzene rings is 7. The fourth-order valence-electron chi connectivity index (χ4n) is 7.68. The zero-order valence-corrected chi connectivity index (χ0v) is 27.7. The summed E-state index contributed by atoms with van der Waals surface area (Å²) in [6.07, 6.45) is 0. The van der Waals surface area contributed by atoms with Crippen molar-refractivity contribution in [2.45, 2.75) is 0 Å². The first-order valence-corrected chi connectivity index (χ1v) is 17.2. The highest BCUT2D eigenvalue weighted by molar-refractivity contribution is 6.34. The van der Waals surface area contributed by atoms with Crippen molar-refractivity contribution in [3.05, 3.63) is 157 Å². The Balaban J connectivity index is 1.20. The minimum Gasteiger partial charge on any atom is -0.456 e. The van der Waals surface area contributed by atoms with Crippen molar-refractivity contribution in [2.75, 3.05) is 0 Å². The van der Waals surface area contributed by atoms with Gasteiger partial charge in [0.05, 0.1) is 38.5 Å². The first-order chi connectivity index (χ1) is 25.2. The molecule has 6 nitrogen and oxygen atoms in total. The van der Waals surface area contributed by atoms with E-state index in [0.717, 1.165) is 100 Å². The summed E-state index contributed by atoms with van der Waals surface area (Å²) in [4.78, 5) is 10.5. The van der Waals surface area contributed by atoms with Crippen molar-refractivity contribution < 1.29 is 8.83 Å². The molecule has 0 N–H and O–H groups in total. The average Bonchev–Trinajstić information content (AvgIpc) is 3.95. The zero-order chi connectivity index (χ0) is 33.6. The number of fused-ring (bicyclic) bond motifs is 8. The molecule has 0 saturated carbocycles. The van der Waals surface area contributed by atoms with E-state index in [4.69, 9.17) is 30.4 Å². The number of rotatable bonds is 4. The lowest BCUT2D eigenvalue weighted by Gasteiger charge is -2.17. The summed E-state index contributed by atoms with van der Waals surface area (Å²) >= 11 is 7.66. The van der Waals surface area contributed by atoms with Crippen molar-refractivity contribution in [3.8, 4) is 34.2 Å². The quantitative estimate of drug-likeness (QED) is 0.186. The maximum atomic E-state index is 7.66. The third-order valence-corrected chi connectivity index (χ3v) is 10.2. The van der Waals surface area contributed by atoms with Gasteiger partial charge in [-0.05, 0) is 60.7 Å². The van der Waals surface area contributed by atoms with Crippen LogP contribution in [0.5, 0.6) is 0 Å². The summed E-state index contributed by atoms with van der Waals surface area (Å²) in [5.41, 5.74) is 10.4. The molecule has 7 heteroatoms. The van der Waals surface area contributed by atoms with Crippen LogP contribution in [-0.4, -0.2) is 19.1 Å². The molecule has 0 aliphatic heterocycles. The fraction of sp³-hybridized carbons (Fsp3) is 0. The highest BCUT2D eigenvalue weighted by Gasteiger charge is 2.25. The molecule has 0 fully saturated rings. The highest BCUT2D eigenvalue weighted by Crippen LogP contribution is 2.43. The number of nitrogens with zero attached hydrogens (tertiary/aromatic N) is 4. The van der Waals surface area contributed by atoms with Crippen LogP contribution in [-0.2, 0) is 0 Å². The molecule has 0 amide bonds. The normalized spacial score (nSPS) is 12.0. The second-order valence-corrected chi connectivity index (χ2v) is 13.1. The molecule has 0 atom stereocenters. The molecule has 0 spiro atoms. The molecule has 51 heavy (non-hydrogen) atoms. The van der Waals surface area contributed by atoms with Crippen molar-refractivity contribution >= 4 is 77.5 Å². The van der Waals surface area contributed by atoms with Crippen LogP contribution in [0.4, 0.5) is 0 Å². The van der Waals surface area contributed by atoms with Gasteiger partial charge in [0.1, 0.15) is 34.0 Å². The number of hydrogen-bond acceptors (Lipinski definition) is 4. The van der Waals surface area contributed by atoms with Crippen LogP contribution in [0.25, 0.3) is 100 Å². The van der Waals surface area contributed by atoms with E-state index in [9.17, 15) is 0 Å². The van der Waals surface area contributed by atoms with E-state index < -0.39 is 0 Å². The molecule has 4 aromatic heterocycles. The van der Waals surface area contributed by atoms with Crippen molar-refractivity contribution in [1.29, 1.82) is 0 Å². The third kappa shape index (κ3) is 4.05. The van der Waals surface area contributed by atoms with Crippen molar-refractivity contribution in [3.63, 3.8) is 0 Å². The Bertz CT molecular complexity index is 2970. The van der Waals surface area contributed by atoms with Gasteiger partial charge in [-0.2, -0.15) is 0 Å². The molecule has 0 unspecified atom stereocenters. The largest absolute Gasteiger partial charge is 0.456 e. The van der Waals surface area contributed by atoms with Crippen LogP contribution < -0.4 is 0 Å². The maximum Gasteiger partial charge on any atom is 0.146 e. The summed E-state index contributed by atoms with van der Waals surface area (Å²) in [7, 11) is 0. The van der Waals surface area contributed by atoms with Gasteiger partial charge >= 0.3 is 0 Å². The Morgan fingerprint density at radius 1 is 0.412 bits per heavy atom. The minimum atomic E-state index is 0.569. The monoisotopic (exact) mass is 676 g/mol.